The van der Waals surface area contributed by atoms with Gasteiger partial charge in [0.1, 0.15) is 11.6 Å². The van der Waals surface area contributed by atoms with Crippen LogP contribution in [0.15, 0.2) is 54.6 Å². The number of aliphatic hydroxyl groups is 1. The Morgan fingerprint density at radius 2 is 1.76 bits per heavy atom. The van der Waals surface area contributed by atoms with E-state index in [2.05, 4.69) is 20.4 Å². The number of amides is 2. The first-order valence-corrected chi connectivity index (χ1v) is 16.3. The average molecular weight is 701 g/mol. The number of H-pyrrole nitrogens is 1. The zero-order chi connectivity index (χ0) is 35.6. The highest BCUT2D eigenvalue weighted by Crippen LogP contribution is 2.35. The third kappa shape index (κ3) is 8.06. The molecule has 2 saturated heterocycles. The maximum atomic E-state index is 14.2. The van der Waals surface area contributed by atoms with Crippen LogP contribution in [0.3, 0.4) is 0 Å². The molecule has 1 unspecified atom stereocenters. The van der Waals surface area contributed by atoms with Crippen molar-refractivity contribution in [1.29, 1.82) is 0 Å². The fourth-order valence-electron chi connectivity index (χ4n) is 6.53. The van der Waals surface area contributed by atoms with E-state index in [0.29, 0.717) is 58.7 Å². The monoisotopic (exact) mass is 700 g/mol. The maximum Gasteiger partial charge on any atom is 0.471 e. The van der Waals surface area contributed by atoms with Crippen molar-refractivity contribution in [2.75, 3.05) is 61.6 Å². The molecule has 2 fully saturated rings. The second-order valence-electron chi connectivity index (χ2n) is 12.7. The van der Waals surface area contributed by atoms with Crippen LogP contribution in [0.1, 0.15) is 40.7 Å². The Hall–Kier alpha value is -4.60. The number of aromatic nitrogens is 2. The minimum Gasteiger partial charge on any atom is -0.392 e. The van der Waals surface area contributed by atoms with Crippen molar-refractivity contribution in [2.45, 2.75) is 44.0 Å². The molecule has 2 amide bonds. The second kappa shape index (κ2) is 14.7. The van der Waals surface area contributed by atoms with Gasteiger partial charge < -0.3 is 25.0 Å². The number of nitrogens with one attached hydrogen (secondary N) is 2. The number of hydrogen-bond acceptors (Lipinski definition) is 7. The predicted molar refractivity (Wildman–Crippen MR) is 177 cm³/mol. The summed E-state index contributed by atoms with van der Waals surface area (Å²) in [6.07, 6.45) is -4.49. The van der Waals surface area contributed by atoms with Gasteiger partial charge in [-0.15, -0.1) is 0 Å². The Kier molecular flexibility index (Phi) is 10.4. The number of nitrogens with zero attached hydrogens (tertiary/aromatic N) is 4. The summed E-state index contributed by atoms with van der Waals surface area (Å²) in [4.78, 5) is 31.6. The Balaban J connectivity index is 1.33. The highest BCUT2D eigenvalue weighted by Gasteiger charge is 2.46. The third-order valence-corrected chi connectivity index (χ3v) is 9.13. The van der Waals surface area contributed by atoms with E-state index < -0.39 is 41.8 Å². The van der Waals surface area contributed by atoms with Gasteiger partial charge in [0, 0.05) is 69.6 Å². The number of hydrogen-bond donors (Lipinski definition) is 3. The maximum absolute atomic E-state index is 14.2. The molecule has 4 aromatic rings. The lowest BCUT2D eigenvalue weighted by atomic mass is 10.0. The summed E-state index contributed by atoms with van der Waals surface area (Å²) in [6, 6.07) is 11.9. The summed E-state index contributed by atoms with van der Waals surface area (Å²) in [5, 5.41) is 20.0. The molecule has 0 radical (unpaired) electrons. The topological polar surface area (TPSA) is 114 Å². The van der Waals surface area contributed by atoms with Crippen LogP contribution in [0.2, 0.25) is 0 Å². The summed E-state index contributed by atoms with van der Waals surface area (Å²) in [5.41, 5.74) is 1.71. The normalized spacial score (nSPS) is 17.3. The van der Waals surface area contributed by atoms with Gasteiger partial charge in [-0.2, -0.15) is 18.3 Å². The van der Waals surface area contributed by atoms with Gasteiger partial charge in [-0.3, -0.25) is 19.6 Å². The van der Waals surface area contributed by atoms with Gasteiger partial charge in [-0.1, -0.05) is 6.07 Å². The van der Waals surface area contributed by atoms with Gasteiger partial charge in [-0.25, -0.2) is 8.78 Å². The van der Waals surface area contributed by atoms with Crippen molar-refractivity contribution in [3.05, 3.63) is 82.9 Å². The smallest absolute Gasteiger partial charge is 0.392 e. The number of likely N-dealkylation sites (N-methyl/N-ethyl adjacent to an activating group) is 1. The fourth-order valence-corrected chi connectivity index (χ4v) is 6.53. The van der Waals surface area contributed by atoms with Crippen LogP contribution in [0.25, 0.3) is 10.9 Å². The number of halogens is 5. The van der Waals surface area contributed by atoms with E-state index in [9.17, 15) is 36.6 Å². The van der Waals surface area contributed by atoms with E-state index in [1.165, 1.54) is 24.3 Å². The molecule has 0 bridgehead atoms. The lowest BCUT2D eigenvalue weighted by Gasteiger charge is -2.36. The highest BCUT2D eigenvalue weighted by atomic mass is 19.4. The van der Waals surface area contributed by atoms with Crippen molar-refractivity contribution in [3.63, 3.8) is 0 Å². The Morgan fingerprint density at radius 1 is 1.02 bits per heavy atom. The SMILES string of the molecule is CN(CCN1CCC(O)C1)c1ccc(C(=O)Nc2n[nH]c3ccc(Cc4cc(F)cc(F)c4)cc23)c(N(C(=O)C(F)(F)F)C2CCOCC2)c1. The number of likely N-dealkylation sites (tertiary alicyclic amines) is 1. The summed E-state index contributed by atoms with van der Waals surface area (Å²) < 4.78 is 75.5. The Morgan fingerprint density at radius 3 is 2.44 bits per heavy atom. The van der Waals surface area contributed by atoms with Crippen molar-refractivity contribution in [3.8, 4) is 0 Å². The van der Waals surface area contributed by atoms with E-state index in [0.717, 1.165) is 12.6 Å². The molecule has 50 heavy (non-hydrogen) atoms. The van der Waals surface area contributed by atoms with Crippen LogP contribution in [-0.2, 0) is 16.0 Å². The summed E-state index contributed by atoms with van der Waals surface area (Å²) in [5.74, 6) is -4.23. The van der Waals surface area contributed by atoms with Crippen LogP contribution < -0.4 is 15.1 Å². The zero-order valence-corrected chi connectivity index (χ0v) is 27.3. The van der Waals surface area contributed by atoms with Crippen LogP contribution >= 0.6 is 0 Å². The first kappa shape index (κ1) is 35.2. The number of anilines is 3. The molecule has 266 valence electrons. The van der Waals surface area contributed by atoms with E-state index >= 15 is 0 Å². The van der Waals surface area contributed by atoms with Crippen LogP contribution in [0.4, 0.5) is 39.1 Å². The van der Waals surface area contributed by atoms with Gasteiger partial charge in [0.15, 0.2) is 5.82 Å². The van der Waals surface area contributed by atoms with E-state index in [1.807, 2.05) is 4.90 Å². The number of alkyl halides is 3. The molecule has 0 spiro atoms. The zero-order valence-electron chi connectivity index (χ0n) is 27.3. The summed E-state index contributed by atoms with van der Waals surface area (Å²) in [6.45, 7) is 2.63. The average Bonchev–Trinajstić information content (AvgIpc) is 3.68. The minimum atomic E-state index is -5.22. The molecule has 2 aliphatic heterocycles. The van der Waals surface area contributed by atoms with E-state index in [4.69, 9.17) is 4.74 Å². The molecular weight excluding hydrogens is 663 g/mol. The number of carbonyl (C=O) groups is 2. The lowest BCUT2D eigenvalue weighted by Crippen LogP contribution is -2.50. The summed E-state index contributed by atoms with van der Waals surface area (Å²) >= 11 is 0. The van der Waals surface area contributed by atoms with Gasteiger partial charge >= 0.3 is 12.1 Å². The molecule has 3 aromatic carbocycles. The van der Waals surface area contributed by atoms with E-state index in [-0.39, 0.29) is 49.5 Å². The standard InChI is InChI=1S/C35H37F5N6O4/c1-44(10-11-45-9-6-27(47)20-45)26-3-4-28(31(19-26)46(34(49)35(38,39)40)25-7-12-50-13-8-25)33(48)41-32-29-17-21(2-5-30(29)42-43-32)14-22-15-23(36)18-24(37)16-22/h2-5,15-19,25,27,47H,6-14,20H2,1H3,(H2,41,42,43,48). The summed E-state index contributed by atoms with van der Waals surface area (Å²) in [7, 11) is 1.77. The largest absolute Gasteiger partial charge is 0.471 e. The van der Waals surface area contributed by atoms with Crippen molar-refractivity contribution >= 4 is 39.9 Å². The van der Waals surface area contributed by atoms with Crippen molar-refractivity contribution in [1.82, 2.24) is 15.1 Å². The third-order valence-electron chi connectivity index (χ3n) is 9.13. The second-order valence-corrected chi connectivity index (χ2v) is 12.7. The Labute approximate surface area is 284 Å². The number of ether oxygens (including phenoxy) is 1. The molecular formula is C35H37F5N6O4. The molecule has 2 aliphatic rings. The van der Waals surface area contributed by atoms with Crippen LogP contribution in [-0.4, -0.2) is 96.8 Å². The number of β-amino-alcohol motifs (C(OH)–C–C–N with tert-alkyl or cyclic N) is 1. The molecule has 15 heteroatoms. The quantitative estimate of drug-likeness (QED) is 0.194. The number of rotatable bonds is 10. The predicted octanol–water partition coefficient (Wildman–Crippen LogP) is 5.26. The number of carbonyl (C=O) groups excluding carboxylic acids is 2. The first-order chi connectivity index (χ1) is 23.9. The molecule has 3 N–H and O–H groups in total. The van der Waals surface area contributed by atoms with Gasteiger partial charge in [0.25, 0.3) is 5.91 Å². The van der Waals surface area contributed by atoms with Gasteiger partial charge in [0.2, 0.25) is 0 Å². The number of benzene rings is 3. The molecule has 1 atom stereocenters. The Bertz CT molecular complexity index is 1840. The minimum absolute atomic E-state index is 0.0805. The lowest BCUT2D eigenvalue weighted by molar-refractivity contribution is -0.171. The molecule has 1 aromatic heterocycles. The number of aliphatic hydroxyl groups excluding tert-OH is 1. The highest BCUT2D eigenvalue weighted by molar-refractivity contribution is 6.13. The van der Waals surface area contributed by atoms with Crippen molar-refractivity contribution < 1.29 is 41.4 Å². The molecule has 6 rings (SSSR count). The number of aromatic amines is 1. The van der Waals surface area contributed by atoms with Crippen molar-refractivity contribution in [2.24, 2.45) is 0 Å². The van der Waals surface area contributed by atoms with Gasteiger partial charge in [-0.05, 0) is 79.3 Å². The first-order valence-electron chi connectivity index (χ1n) is 16.3. The fraction of sp³-hybridized carbons (Fsp3) is 0.400. The van der Waals surface area contributed by atoms with Gasteiger partial charge in [0.05, 0.1) is 22.9 Å². The molecule has 0 aliphatic carbocycles. The molecule has 0 saturated carbocycles. The molecule has 10 nitrogen and oxygen atoms in total. The number of fused-ring (bicyclic) bond motifs is 1. The van der Waals surface area contributed by atoms with E-state index in [1.54, 1.807) is 31.3 Å². The van der Waals surface area contributed by atoms with Crippen LogP contribution in [0.5, 0.6) is 0 Å². The molecule has 3 heterocycles. The van der Waals surface area contributed by atoms with Crippen LogP contribution in [0, 0.1) is 11.6 Å².